The van der Waals surface area contributed by atoms with Gasteiger partial charge < -0.3 is 11.5 Å². The third-order valence-corrected chi connectivity index (χ3v) is 4.49. The zero-order valence-electron chi connectivity index (χ0n) is 18.3. The van der Waals surface area contributed by atoms with E-state index in [1.807, 2.05) is 55.5 Å². The highest BCUT2D eigenvalue weighted by Gasteiger charge is 1.92. The maximum atomic E-state index is 5.74. The van der Waals surface area contributed by atoms with Crippen LogP contribution in [-0.4, -0.2) is 0 Å². The molecule has 0 unspecified atom stereocenters. The molecule has 0 aliphatic rings. The number of hydrogen-bond acceptors (Lipinski definition) is 2. The van der Waals surface area contributed by atoms with Gasteiger partial charge in [0.2, 0.25) is 0 Å². The zero-order valence-corrected chi connectivity index (χ0v) is 19.8. The number of allylic oxidation sites excluding steroid dienone is 2. The van der Waals surface area contributed by atoms with E-state index in [1.165, 1.54) is 12.0 Å². The Kier molecular flexibility index (Phi) is 19.6. The van der Waals surface area contributed by atoms with Gasteiger partial charge in [-0.25, -0.2) is 0 Å². The van der Waals surface area contributed by atoms with Gasteiger partial charge in [-0.15, -0.1) is 0 Å². The van der Waals surface area contributed by atoms with E-state index in [2.05, 4.69) is 40.7 Å². The van der Waals surface area contributed by atoms with Crippen LogP contribution in [0.15, 0.2) is 60.2 Å². The van der Waals surface area contributed by atoms with Crippen molar-refractivity contribution in [2.24, 2.45) is 17.4 Å². The van der Waals surface area contributed by atoms with Gasteiger partial charge in [0.25, 0.3) is 0 Å². The maximum absolute atomic E-state index is 5.74. The first-order valence-electron chi connectivity index (χ1n) is 9.69. The van der Waals surface area contributed by atoms with Crippen molar-refractivity contribution >= 4 is 23.2 Å². The molecule has 0 saturated carbocycles. The molecule has 0 atom stereocenters. The van der Waals surface area contributed by atoms with Crippen LogP contribution in [0.4, 0.5) is 0 Å². The summed E-state index contributed by atoms with van der Waals surface area (Å²) in [5.41, 5.74) is 14.1. The van der Waals surface area contributed by atoms with Gasteiger partial charge in [0.05, 0.1) is 0 Å². The summed E-state index contributed by atoms with van der Waals surface area (Å²) in [6, 6.07) is 15.1. The van der Waals surface area contributed by atoms with Gasteiger partial charge in [0, 0.05) is 23.1 Å². The minimum absolute atomic E-state index is 0.514. The molecule has 28 heavy (non-hydrogen) atoms. The largest absolute Gasteiger partial charge is 0.326 e. The number of rotatable bonds is 3. The van der Waals surface area contributed by atoms with Crippen LogP contribution < -0.4 is 11.5 Å². The summed E-state index contributed by atoms with van der Waals surface area (Å²) in [5.74, 6) is 0.884. The summed E-state index contributed by atoms with van der Waals surface area (Å²) in [6.07, 6.45) is 3.39. The third-order valence-electron chi connectivity index (χ3n) is 3.75. The molecule has 0 saturated heterocycles. The van der Waals surface area contributed by atoms with Crippen LogP contribution in [0.2, 0.25) is 10.0 Å². The molecule has 0 aliphatic heterocycles. The van der Waals surface area contributed by atoms with Crippen LogP contribution in [0.25, 0.3) is 0 Å². The first-order chi connectivity index (χ1) is 13.2. The average molecular weight is 425 g/mol. The topological polar surface area (TPSA) is 52.0 Å². The fourth-order valence-corrected chi connectivity index (χ4v) is 1.75. The quantitative estimate of drug-likeness (QED) is 0.497. The van der Waals surface area contributed by atoms with Gasteiger partial charge >= 0.3 is 0 Å². The fraction of sp³-hybridized carbons (Fsp3) is 0.417. The average Bonchev–Trinajstić information content (AvgIpc) is 2.70. The second kappa shape index (κ2) is 19.0. The van der Waals surface area contributed by atoms with Gasteiger partial charge in [-0.05, 0) is 49.9 Å². The van der Waals surface area contributed by atoms with Gasteiger partial charge in [-0.1, -0.05) is 98.4 Å². The fourth-order valence-electron chi connectivity index (χ4n) is 1.33. The molecule has 158 valence electrons. The molecule has 0 fully saturated rings. The normalized spacial score (nSPS) is 9.11. The Morgan fingerprint density at radius 1 is 0.857 bits per heavy atom. The van der Waals surface area contributed by atoms with E-state index in [-0.39, 0.29) is 0 Å². The van der Waals surface area contributed by atoms with Gasteiger partial charge in [0.1, 0.15) is 0 Å². The molecular formula is C24H38Cl2N2. The lowest BCUT2D eigenvalue weighted by atomic mass is 10.2. The first-order valence-corrected chi connectivity index (χ1v) is 10.4. The molecule has 0 amide bonds. The molecule has 2 rings (SSSR count). The Balaban J connectivity index is 0. The highest BCUT2D eigenvalue weighted by molar-refractivity contribution is 6.31. The molecule has 2 aromatic rings. The smallest absolute Gasteiger partial charge is 0.0450 e. The van der Waals surface area contributed by atoms with Crippen LogP contribution in [0, 0.1) is 5.92 Å². The van der Waals surface area contributed by atoms with Crippen LogP contribution in [0.5, 0.6) is 0 Å². The van der Waals surface area contributed by atoms with Gasteiger partial charge in [-0.3, -0.25) is 0 Å². The molecule has 4 N–H and O–H groups in total. The van der Waals surface area contributed by atoms with Crippen molar-refractivity contribution < 1.29 is 0 Å². The zero-order chi connectivity index (χ0) is 21.9. The molecule has 0 bridgehead atoms. The molecule has 0 aliphatic carbocycles. The molecule has 0 radical (unpaired) electrons. The molecule has 0 heterocycles. The summed E-state index contributed by atoms with van der Waals surface area (Å²) in [6.45, 7) is 13.9. The van der Waals surface area contributed by atoms with Crippen molar-refractivity contribution in [1.29, 1.82) is 0 Å². The minimum atomic E-state index is 0.514. The summed E-state index contributed by atoms with van der Waals surface area (Å²) >= 11 is 11.5. The van der Waals surface area contributed by atoms with Crippen molar-refractivity contribution in [1.82, 2.24) is 0 Å². The van der Waals surface area contributed by atoms with Gasteiger partial charge in [0.15, 0.2) is 0 Å². The summed E-state index contributed by atoms with van der Waals surface area (Å²) < 4.78 is 0. The molecule has 0 aromatic heterocycles. The predicted octanol–water partition coefficient (Wildman–Crippen LogP) is 7.62. The first kappa shape index (κ1) is 28.9. The Morgan fingerprint density at radius 3 is 1.29 bits per heavy atom. The maximum Gasteiger partial charge on any atom is 0.0450 e. The summed E-state index contributed by atoms with van der Waals surface area (Å²) in [7, 11) is 0. The number of halogens is 2. The highest BCUT2D eigenvalue weighted by atomic mass is 35.5. The van der Waals surface area contributed by atoms with Gasteiger partial charge in [-0.2, -0.15) is 0 Å². The standard InChI is InChI=1S/2C7H8ClN.C5H12.C5H10/c2*8-7-4-2-1-3-6(7)5-9;2*1-4-5(2)3/h2*1-4H,5,9H2;5H,4H2,1-3H3;4H,1-3H3. The molecule has 2 aromatic carbocycles. The van der Waals surface area contributed by atoms with Crippen LogP contribution in [0.1, 0.15) is 59.1 Å². The predicted molar refractivity (Wildman–Crippen MR) is 129 cm³/mol. The van der Waals surface area contributed by atoms with Crippen LogP contribution >= 0.6 is 23.2 Å². The van der Waals surface area contributed by atoms with E-state index in [4.69, 9.17) is 34.7 Å². The monoisotopic (exact) mass is 424 g/mol. The van der Waals surface area contributed by atoms with Crippen molar-refractivity contribution in [2.75, 3.05) is 0 Å². The lowest BCUT2D eigenvalue weighted by Crippen LogP contribution is -1.95. The second-order valence-corrected chi connectivity index (χ2v) is 7.57. The van der Waals surface area contributed by atoms with E-state index in [0.29, 0.717) is 13.1 Å². The Bertz CT molecular complexity index is 603. The molecule has 2 nitrogen and oxygen atoms in total. The van der Waals surface area contributed by atoms with Crippen LogP contribution in [0.3, 0.4) is 0 Å². The van der Waals surface area contributed by atoms with Crippen molar-refractivity contribution in [3.63, 3.8) is 0 Å². The van der Waals surface area contributed by atoms with Crippen molar-refractivity contribution in [2.45, 2.75) is 61.1 Å². The number of hydrogen-bond donors (Lipinski definition) is 2. The molecule has 0 spiro atoms. The third kappa shape index (κ3) is 16.8. The number of nitrogens with two attached hydrogens (primary N) is 2. The van der Waals surface area contributed by atoms with E-state index in [0.717, 1.165) is 27.1 Å². The molecular weight excluding hydrogens is 387 g/mol. The Morgan fingerprint density at radius 2 is 1.14 bits per heavy atom. The lowest BCUT2D eigenvalue weighted by Gasteiger charge is -1.96. The SMILES string of the molecule is CC=C(C)C.CCC(C)C.NCc1ccccc1Cl.NCc1ccccc1Cl. The van der Waals surface area contributed by atoms with Crippen molar-refractivity contribution in [3.05, 3.63) is 81.4 Å². The molecule has 4 heteroatoms. The van der Waals surface area contributed by atoms with E-state index in [1.54, 1.807) is 0 Å². The summed E-state index contributed by atoms with van der Waals surface area (Å²) in [5, 5.41) is 1.50. The lowest BCUT2D eigenvalue weighted by molar-refractivity contribution is 0.626. The van der Waals surface area contributed by atoms with E-state index in [9.17, 15) is 0 Å². The summed E-state index contributed by atoms with van der Waals surface area (Å²) in [4.78, 5) is 0. The Labute approximate surface area is 182 Å². The minimum Gasteiger partial charge on any atom is -0.326 e. The highest BCUT2D eigenvalue weighted by Crippen LogP contribution is 2.13. The van der Waals surface area contributed by atoms with Crippen LogP contribution in [-0.2, 0) is 13.1 Å². The Hall–Kier alpha value is -1.32. The van der Waals surface area contributed by atoms with Crippen molar-refractivity contribution in [3.8, 4) is 0 Å². The second-order valence-electron chi connectivity index (χ2n) is 6.76. The van der Waals surface area contributed by atoms with E-state index < -0.39 is 0 Å². The number of benzene rings is 2. The van der Waals surface area contributed by atoms with E-state index >= 15 is 0 Å².